The van der Waals surface area contributed by atoms with Crippen LogP contribution in [0.3, 0.4) is 0 Å². The summed E-state index contributed by atoms with van der Waals surface area (Å²) in [5.74, 6) is 0.329. The van der Waals surface area contributed by atoms with E-state index in [0.29, 0.717) is 12.4 Å². The minimum atomic E-state index is 0.329. The fourth-order valence-corrected chi connectivity index (χ4v) is 1.80. The largest absolute Gasteiger partial charge is 0.508 e. The van der Waals surface area contributed by atoms with Crippen molar-refractivity contribution >= 4 is 0 Å². The normalized spacial score (nSPS) is 10.6. The van der Waals surface area contributed by atoms with E-state index in [2.05, 4.69) is 6.92 Å². The van der Waals surface area contributed by atoms with Crippen molar-refractivity contribution in [3.8, 4) is 5.75 Å². The Morgan fingerprint density at radius 2 is 1.71 bits per heavy atom. The van der Waals surface area contributed by atoms with Gasteiger partial charge in [-0.2, -0.15) is 0 Å². The average Bonchev–Trinajstić information content (AvgIpc) is 2.35. The number of hydrogen-bond donors (Lipinski definition) is 1. The van der Waals surface area contributed by atoms with Crippen molar-refractivity contribution < 1.29 is 9.84 Å². The zero-order valence-corrected chi connectivity index (χ0v) is 10.8. The summed E-state index contributed by atoms with van der Waals surface area (Å²) >= 11 is 0. The molecule has 0 radical (unpaired) electrons. The molecule has 0 amide bonds. The van der Waals surface area contributed by atoms with Gasteiger partial charge in [0.05, 0.1) is 6.61 Å². The summed E-state index contributed by atoms with van der Waals surface area (Å²) < 4.78 is 5.55. The van der Waals surface area contributed by atoms with Gasteiger partial charge in [0.25, 0.3) is 0 Å². The van der Waals surface area contributed by atoms with Crippen molar-refractivity contribution in [2.24, 2.45) is 0 Å². The Labute approximate surface area is 105 Å². The van der Waals surface area contributed by atoms with E-state index in [0.717, 1.165) is 18.6 Å². The monoisotopic (exact) mass is 236 g/mol. The fraction of sp³-hybridized carbons (Fsp3) is 0.600. The third-order valence-electron chi connectivity index (χ3n) is 2.89. The smallest absolute Gasteiger partial charge is 0.121 e. The highest BCUT2D eigenvalue weighted by molar-refractivity contribution is 5.30. The number of phenols is 1. The van der Waals surface area contributed by atoms with Crippen molar-refractivity contribution in [1.82, 2.24) is 0 Å². The summed E-state index contributed by atoms with van der Waals surface area (Å²) in [6, 6.07) is 7.34. The predicted molar refractivity (Wildman–Crippen MR) is 71.1 cm³/mol. The molecule has 0 spiro atoms. The summed E-state index contributed by atoms with van der Waals surface area (Å²) in [7, 11) is 0. The highest BCUT2D eigenvalue weighted by Crippen LogP contribution is 2.16. The zero-order valence-electron chi connectivity index (χ0n) is 10.8. The van der Waals surface area contributed by atoms with E-state index in [9.17, 15) is 5.11 Å². The van der Waals surface area contributed by atoms with E-state index in [1.165, 1.54) is 32.1 Å². The first-order valence-electron chi connectivity index (χ1n) is 6.69. The average molecular weight is 236 g/mol. The van der Waals surface area contributed by atoms with Crippen molar-refractivity contribution in [2.45, 2.75) is 52.1 Å². The molecule has 1 rings (SSSR count). The first-order chi connectivity index (χ1) is 8.34. The summed E-state index contributed by atoms with van der Waals surface area (Å²) in [6.07, 6.45) is 7.67. The van der Waals surface area contributed by atoms with Crippen molar-refractivity contribution in [2.75, 3.05) is 6.61 Å². The van der Waals surface area contributed by atoms with Gasteiger partial charge in [-0.25, -0.2) is 0 Å². The summed E-state index contributed by atoms with van der Waals surface area (Å²) in [5, 5.41) is 9.53. The van der Waals surface area contributed by atoms with E-state index in [-0.39, 0.29) is 0 Å². The second-order valence-electron chi connectivity index (χ2n) is 4.45. The number of ether oxygens (including phenoxy) is 1. The predicted octanol–water partition coefficient (Wildman–Crippen LogP) is 4.27. The highest BCUT2D eigenvalue weighted by Gasteiger charge is 1.98. The van der Waals surface area contributed by atoms with E-state index < -0.39 is 0 Å². The first-order valence-corrected chi connectivity index (χ1v) is 6.69. The minimum absolute atomic E-state index is 0.329. The number of unbranched alkanes of at least 4 members (excludes halogenated alkanes) is 5. The van der Waals surface area contributed by atoms with Gasteiger partial charge in [0, 0.05) is 12.2 Å². The Balaban J connectivity index is 1.99. The molecule has 0 saturated carbocycles. The molecule has 0 bridgehead atoms. The van der Waals surface area contributed by atoms with Crippen LogP contribution < -0.4 is 0 Å². The van der Waals surface area contributed by atoms with Crippen LogP contribution in [0.5, 0.6) is 5.75 Å². The van der Waals surface area contributed by atoms with Crippen LogP contribution in [0.15, 0.2) is 24.3 Å². The van der Waals surface area contributed by atoms with E-state index in [1.807, 2.05) is 18.2 Å². The Hall–Kier alpha value is -1.02. The van der Waals surface area contributed by atoms with Gasteiger partial charge in [-0.3, -0.25) is 0 Å². The van der Waals surface area contributed by atoms with Crippen LogP contribution in [0.25, 0.3) is 0 Å². The third-order valence-corrected chi connectivity index (χ3v) is 2.89. The van der Waals surface area contributed by atoms with Gasteiger partial charge in [-0.15, -0.1) is 0 Å². The Morgan fingerprint density at radius 1 is 1.00 bits per heavy atom. The molecule has 2 nitrogen and oxygen atoms in total. The molecule has 0 aliphatic rings. The lowest BCUT2D eigenvalue weighted by atomic mass is 10.1. The van der Waals surface area contributed by atoms with Crippen LogP contribution in [0.2, 0.25) is 0 Å². The molecule has 17 heavy (non-hydrogen) atoms. The molecule has 0 atom stereocenters. The lowest BCUT2D eigenvalue weighted by Gasteiger charge is -2.06. The van der Waals surface area contributed by atoms with Crippen LogP contribution in [0, 0.1) is 0 Å². The molecule has 0 aliphatic heterocycles. The van der Waals surface area contributed by atoms with E-state index >= 15 is 0 Å². The molecule has 0 aromatic heterocycles. The molecule has 96 valence electrons. The molecule has 2 heteroatoms. The first kappa shape index (κ1) is 14.0. The van der Waals surface area contributed by atoms with Crippen LogP contribution in [-0.2, 0) is 11.3 Å². The molecule has 0 fully saturated rings. The second kappa shape index (κ2) is 9.06. The topological polar surface area (TPSA) is 29.5 Å². The van der Waals surface area contributed by atoms with Crippen LogP contribution >= 0.6 is 0 Å². The maximum Gasteiger partial charge on any atom is 0.121 e. The van der Waals surface area contributed by atoms with Gasteiger partial charge in [0.1, 0.15) is 5.75 Å². The molecule has 1 aromatic carbocycles. The summed E-state index contributed by atoms with van der Waals surface area (Å²) in [6.45, 7) is 3.54. The minimum Gasteiger partial charge on any atom is -0.508 e. The van der Waals surface area contributed by atoms with Gasteiger partial charge in [-0.1, -0.05) is 57.2 Å². The van der Waals surface area contributed by atoms with Crippen molar-refractivity contribution in [3.63, 3.8) is 0 Å². The standard InChI is InChI=1S/C15H24O2/c1-2-3-4-5-6-9-12-17-13-14-10-7-8-11-15(14)16/h7-8,10-11,16H,2-6,9,12-13H2,1H3. The molecule has 0 unspecified atom stereocenters. The molecular formula is C15H24O2. The van der Waals surface area contributed by atoms with E-state index in [4.69, 9.17) is 4.74 Å². The van der Waals surface area contributed by atoms with Gasteiger partial charge in [0.2, 0.25) is 0 Å². The van der Waals surface area contributed by atoms with E-state index in [1.54, 1.807) is 6.07 Å². The fourth-order valence-electron chi connectivity index (χ4n) is 1.80. The van der Waals surface area contributed by atoms with Gasteiger partial charge in [0.15, 0.2) is 0 Å². The SMILES string of the molecule is CCCCCCCCOCc1ccccc1O. The van der Waals surface area contributed by atoms with Crippen molar-refractivity contribution in [1.29, 1.82) is 0 Å². The molecule has 1 aromatic rings. The number of para-hydroxylation sites is 1. The number of rotatable bonds is 9. The Bertz CT molecular complexity index is 297. The van der Waals surface area contributed by atoms with Crippen LogP contribution in [0.4, 0.5) is 0 Å². The van der Waals surface area contributed by atoms with Gasteiger partial charge >= 0.3 is 0 Å². The van der Waals surface area contributed by atoms with Gasteiger partial charge < -0.3 is 9.84 Å². The second-order valence-corrected chi connectivity index (χ2v) is 4.45. The zero-order chi connectivity index (χ0) is 12.3. The highest BCUT2D eigenvalue weighted by atomic mass is 16.5. The maximum atomic E-state index is 9.53. The van der Waals surface area contributed by atoms with Crippen LogP contribution in [0.1, 0.15) is 51.0 Å². The lowest BCUT2D eigenvalue weighted by molar-refractivity contribution is 0.115. The number of hydrogen-bond acceptors (Lipinski definition) is 2. The number of benzene rings is 1. The maximum absolute atomic E-state index is 9.53. The molecule has 0 heterocycles. The lowest BCUT2D eigenvalue weighted by Crippen LogP contribution is -1.96. The molecule has 0 saturated heterocycles. The summed E-state index contributed by atoms with van der Waals surface area (Å²) in [5.41, 5.74) is 0.874. The molecule has 0 aliphatic carbocycles. The molecule has 1 N–H and O–H groups in total. The quantitative estimate of drug-likeness (QED) is 0.649. The van der Waals surface area contributed by atoms with Crippen LogP contribution in [-0.4, -0.2) is 11.7 Å². The number of aromatic hydroxyl groups is 1. The summed E-state index contributed by atoms with van der Waals surface area (Å²) in [4.78, 5) is 0. The number of phenolic OH excluding ortho intramolecular Hbond substituents is 1. The molecular weight excluding hydrogens is 212 g/mol. The Kier molecular flexibility index (Phi) is 7.48. The Morgan fingerprint density at radius 3 is 2.47 bits per heavy atom. The van der Waals surface area contributed by atoms with Crippen molar-refractivity contribution in [3.05, 3.63) is 29.8 Å². The third kappa shape index (κ3) is 6.32. The van der Waals surface area contributed by atoms with Gasteiger partial charge in [-0.05, 0) is 12.5 Å².